The molecule has 1 aromatic carbocycles. The van der Waals surface area contributed by atoms with E-state index in [0.29, 0.717) is 25.3 Å². The maximum atomic E-state index is 11.4. The first-order valence-electron chi connectivity index (χ1n) is 8.05. The van der Waals surface area contributed by atoms with Crippen LogP contribution in [-0.2, 0) is 0 Å². The fourth-order valence-electron chi connectivity index (χ4n) is 3.73. The maximum absolute atomic E-state index is 11.4. The molecule has 1 fully saturated rings. The summed E-state index contributed by atoms with van der Waals surface area (Å²) in [4.78, 5) is 23.7. The van der Waals surface area contributed by atoms with Gasteiger partial charge in [-0.1, -0.05) is 13.3 Å². The molecule has 1 heterocycles. The number of likely N-dealkylation sites (tertiary alicyclic amines) is 1. The van der Waals surface area contributed by atoms with E-state index < -0.39 is 6.09 Å². The number of nitrogens with zero attached hydrogens (tertiary/aromatic N) is 2. The summed E-state index contributed by atoms with van der Waals surface area (Å²) in [6, 6.07) is 3.53. The molecule has 1 saturated heterocycles. The monoisotopic (exact) mass is 319 g/mol. The highest BCUT2D eigenvalue weighted by atomic mass is 16.6. The summed E-state index contributed by atoms with van der Waals surface area (Å²) in [5, 5.41) is 23.8. The Bertz CT molecular complexity index is 646. The van der Waals surface area contributed by atoms with Crippen molar-refractivity contribution < 1.29 is 14.8 Å². The Hall–Kier alpha value is -2.31. The standard InChI is InChI=1S/C16H21N3O4/c1-2-3-4-17-14-6-12-10-5-11(9-18(8-10)16(20)21)13(12)7-15(14)19(22)23/h6-7,10-11,17H,2-5,8-9H2,1H3,(H,20,21). The molecule has 0 saturated carbocycles. The van der Waals surface area contributed by atoms with Gasteiger partial charge in [-0.15, -0.1) is 0 Å². The lowest BCUT2D eigenvalue weighted by Gasteiger charge is -2.29. The second kappa shape index (κ2) is 6.06. The van der Waals surface area contributed by atoms with Gasteiger partial charge in [-0.25, -0.2) is 4.79 Å². The SMILES string of the molecule is CCCCNc1cc2c(cc1[N+](=O)[O-])C1CC2CN(C(=O)O)C1. The Labute approximate surface area is 134 Å². The predicted octanol–water partition coefficient (Wildman–Crippen LogP) is 3.37. The highest BCUT2D eigenvalue weighted by molar-refractivity contribution is 5.69. The number of piperidine rings is 1. The second-order valence-electron chi connectivity index (χ2n) is 6.35. The molecule has 0 radical (unpaired) electrons. The number of nitrogens with one attached hydrogen (secondary N) is 1. The third kappa shape index (κ3) is 2.83. The van der Waals surface area contributed by atoms with Crippen molar-refractivity contribution in [3.8, 4) is 0 Å². The van der Waals surface area contributed by atoms with Gasteiger partial charge in [0.15, 0.2) is 0 Å². The van der Waals surface area contributed by atoms with Crippen molar-refractivity contribution in [2.45, 2.75) is 38.0 Å². The minimum atomic E-state index is -0.914. The topological polar surface area (TPSA) is 95.7 Å². The number of hydrogen-bond acceptors (Lipinski definition) is 4. The predicted molar refractivity (Wildman–Crippen MR) is 86.2 cm³/mol. The Kier molecular flexibility index (Phi) is 4.11. The van der Waals surface area contributed by atoms with Crippen LogP contribution in [0.1, 0.15) is 49.1 Å². The summed E-state index contributed by atoms with van der Waals surface area (Å²) in [6.07, 6.45) is 1.94. The van der Waals surface area contributed by atoms with Crippen molar-refractivity contribution in [3.05, 3.63) is 33.4 Å². The highest BCUT2D eigenvalue weighted by Crippen LogP contribution is 2.48. The fourth-order valence-corrected chi connectivity index (χ4v) is 3.73. The van der Waals surface area contributed by atoms with E-state index in [0.717, 1.165) is 30.4 Å². The lowest BCUT2D eigenvalue weighted by molar-refractivity contribution is -0.384. The van der Waals surface area contributed by atoms with Gasteiger partial charge in [-0.2, -0.15) is 0 Å². The second-order valence-corrected chi connectivity index (χ2v) is 6.35. The van der Waals surface area contributed by atoms with Gasteiger partial charge in [-0.3, -0.25) is 10.1 Å². The number of carboxylic acid groups (broad SMARTS) is 1. The number of carbonyl (C=O) groups is 1. The molecular formula is C16H21N3O4. The van der Waals surface area contributed by atoms with Crippen molar-refractivity contribution in [2.75, 3.05) is 25.0 Å². The molecule has 2 bridgehead atoms. The van der Waals surface area contributed by atoms with E-state index in [9.17, 15) is 20.0 Å². The van der Waals surface area contributed by atoms with Crippen molar-refractivity contribution in [2.24, 2.45) is 0 Å². The van der Waals surface area contributed by atoms with Gasteiger partial charge in [-0.05, 0) is 30.0 Å². The van der Waals surface area contributed by atoms with E-state index in [1.54, 1.807) is 6.07 Å². The van der Waals surface area contributed by atoms with Gasteiger partial charge in [0.2, 0.25) is 0 Å². The van der Waals surface area contributed by atoms with Gasteiger partial charge in [0.1, 0.15) is 5.69 Å². The Morgan fingerprint density at radius 2 is 2.04 bits per heavy atom. The number of anilines is 1. The van der Waals surface area contributed by atoms with Gasteiger partial charge in [0.25, 0.3) is 5.69 Å². The Balaban J connectivity index is 1.94. The molecule has 2 unspecified atom stereocenters. The van der Waals surface area contributed by atoms with Gasteiger partial charge in [0, 0.05) is 37.5 Å². The van der Waals surface area contributed by atoms with E-state index in [-0.39, 0.29) is 22.4 Å². The average Bonchev–Trinajstić information content (AvgIpc) is 2.77. The van der Waals surface area contributed by atoms with Crippen LogP contribution in [0.15, 0.2) is 12.1 Å². The number of benzene rings is 1. The number of fused-ring (bicyclic) bond motifs is 5. The number of nitro benzene ring substituents is 1. The molecule has 2 aliphatic rings. The third-order valence-corrected chi connectivity index (χ3v) is 4.84. The van der Waals surface area contributed by atoms with Crippen LogP contribution < -0.4 is 5.32 Å². The third-order valence-electron chi connectivity index (χ3n) is 4.84. The number of rotatable bonds is 5. The maximum Gasteiger partial charge on any atom is 0.407 e. The first-order valence-corrected chi connectivity index (χ1v) is 8.05. The van der Waals surface area contributed by atoms with E-state index in [2.05, 4.69) is 12.2 Å². The molecular weight excluding hydrogens is 298 g/mol. The average molecular weight is 319 g/mol. The number of nitro groups is 1. The first kappa shape index (κ1) is 15.6. The minimum absolute atomic E-state index is 0.0724. The zero-order valence-electron chi connectivity index (χ0n) is 13.1. The van der Waals surface area contributed by atoms with Gasteiger partial charge in [0.05, 0.1) is 4.92 Å². The van der Waals surface area contributed by atoms with Crippen molar-refractivity contribution in [3.63, 3.8) is 0 Å². The lowest BCUT2D eigenvalue weighted by Crippen LogP contribution is -2.38. The summed E-state index contributed by atoms with van der Waals surface area (Å²) in [7, 11) is 0. The molecule has 3 rings (SSSR count). The number of amides is 1. The zero-order valence-corrected chi connectivity index (χ0v) is 13.1. The summed E-state index contributed by atoms with van der Waals surface area (Å²) < 4.78 is 0. The number of unbranched alkanes of at least 4 members (excludes halogenated alkanes) is 1. The van der Waals surface area contributed by atoms with Crippen LogP contribution in [0.2, 0.25) is 0 Å². The lowest BCUT2D eigenvalue weighted by atomic mass is 9.96. The van der Waals surface area contributed by atoms with Crippen molar-refractivity contribution >= 4 is 17.5 Å². The summed E-state index contributed by atoms with van der Waals surface area (Å²) in [6.45, 7) is 3.68. The molecule has 1 amide bonds. The summed E-state index contributed by atoms with van der Waals surface area (Å²) in [5.74, 6) is 0.218. The highest BCUT2D eigenvalue weighted by Gasteiger charge is 2.40. The Morgan fingerprint density at radius 1 is 1.39 bits per heavy atom. The Morgan fingerprint density at radius 3 is 2.61 bits per heavy atom. The van der Waals surface area contributed by atoms with Crippen LogP contribution in [0.5, 0.6) is 0 Å². The molecule has 0 aromatic heterocycles. The smallest absolute Gasteiger partial charge is 0.407 e. The van der Waals surface area contributed by atoms with Crippen LogP contribution in [0.4, 0.5) is 16.2 Å². The fraction of sp³-hybridized carbons (Fsp3) is 0.562. The van der Waals surface area contributed by atoms with Crippen molar-refractivity contribution in [1.29, 1.82) is 0 Å². The van der Waals surface area contributed by atoms with Crippen LogP contribution >= 0.6 is 0 Å². The molecule has 1 aliphatic carbocycles. The van der Waals surface area contributed by atoms with Crippen LogP contribution in [0.3, 0.4) is 0 Å². The molecule has 2 N–H and O–H groups in total. The molecule has 1 aliphatic heterocycles. The van der Waals surface area contributed by atoms with E-state index >= 15 is 0 Å². The van der Waals surface area contributed by atoms with Gasteiger partial charge < -0.3 is 15.3 Å². The van der Waals surface area contributed by atoms with Crippen molar-refractivity contribution in [1.82, 2.24) is 4.90 Å². The molecule has 0 spiro atoms. The largest absolute Gasteiger partial charge is 0.465 e. The van der Waals surface area contributed by atoms with E-state index in [4.69, 9.17) is 0 Å². The summed E-state index contributed by atoms with van der Waals surface area (Å²) >= 11 is 0. The van der Waals surface area contributed by atoms with Crippen LogP contribution in [0, 0.1) is 10.1 Å². The molecule has 7 nitrogen and oxygen atoms in total. The minimum Gasteiger partial charge on any atom is -0.465 e. The van der Waals surface area contributed by atoms with Crippen LogP contribution in [0.25, 0.3) is 0 Å². The molecule has 124 valence electrons. The molecule has 1 aromatic rings. The number of hydrogen-bond donors (Lipinski definition) is 2. The van der Waals surface area contributed by atoms with E-state index in [1.165, 1.54) is 4.90 Å². The van der Waals surface area contributed by atoms with Gasteiger partial charge >= 0.3 is 6.09 Å². The quantitative estimate of drug-likeness (QED) is 0.493. The zero-order chi connectivity index (χ0) is 16.6. The first-order chi connectivity index (χ1) is 11.0. The van der Waals surface area contributed by atoms with Crippen LogP contribution in [-0.4, -0.2) is 40.7 Å². The summed E-state index contributed by atoms with van der Waals surface area (Å²) in [5.41, 5.74) is 2.67. The molecule has 23 heavy (non-hydrogen) atoms. The normalized spacial score (nSPS) is 21.9. The molecule has 7 heteroatoms. The molecule has 2 atom stereocenters. The van der Waals surface area contributed by atoms with E-state index in [1.807, 2.05) is 6.07 Å².